The van der Waals surface area contributed by atoms with Crippen molar-refractivity contribution >= 4 is 15.9 Å². The maximum absolute atomic E-state index is 12.9. The van der Waals surface area contributed by atoms with Crippen LogP contribution in [0.2, 0.25) is 0 Å². The highest BCUT2D eigenvalue weighted by Crippen LogP contribution is 2.25. The Morgan fingerprint density at radius 1 is 1.05 bits per heavy atom. The quantitative estimate of drug-likeness (QED) is 0.729. The molecule has 0 saturated carbocycles. The van der Waals surface area contributed by atoms with Crippen LogP contribution in [0.3, 0.4) is 0 Å². The van der Waals surface area contributed by atoms with Gasteiger partial charge in [0, 0.05) is 6.42 Å². The third kappa shape index (κ3) is 4.76. The summed E-state index contributed by atoms with van der Waals surface area (Å²) in [5.74, 6) is 1.02. The van der Waals surface area contributed by atoms with Crippen LogP contribution in [-0.4, -0.2) is 13.2 Å². The van der Waals surface area contributed by atoms with Gasteiger partial charge in [0.15, 0.2) is 0 Å². The van der Waals surface area contributed by atoms with Gasteiger partial charge >= 0.3 is 0 Å². The van der Waals surface area contributed by atoms with E-state index in [1.165, 1.54) is 12.1 Å². The van der Waals surface area contributed by atoms with Gasteiger partial charge in [0.25, 0.3) is 0 Å². The normalized spacial score (nSPS) is 9.95. The van der Waals surface area contributed by atoms with Gasteiger partial charge in [-0.3, -0.25) is 0 Å². The van der Waals surface area contributed by atoms with Gasteiger partial charge in [-0.05, 0) is 58.4 Å². The zero-order chi connectivity index (χ0) is 15.1. The summed E-state index contributed by atoms with van der Waals surface area (Å²) in [6.45, 7) is 0.977. The van der Waals surface area contributed by atoms with Crippen LogP contribution in [0.5, 0.6) is 11.5 Å². The lowest BCUT2D eigenvalue weighted by Crippen LogP contribution is -2.05. The molecule has 0 fully saturated rings. The number of halogens is 2. The van der Waals surface area contributed by atoms with Gasteiger partial charge < -0.3 is 9.47 Å². The summed E-state index contributed by atoms with van der Waals surface area (Å²) in [7, 11) is 0. The van der Waals surface area contributed by atoms with Gasteiger partial charge in [0.05, 0.1) is 29.3 Å². The minimum Gasteiger partial charge on any atom is -0.493 e. The first-order chi connectivity index (χ1) is 10.2. The highest BCUT2D eigenvalue weighted by molar-refractivity contribution is 9.10. The van der Waals surface area contributed by atoms with Crippen molar-refractivity contribution in [2.24, 2.45) is 0 Å². The summed E-state index contributed by atoms with van der Waals surface area (Å²) in [4.78, 5) is 0. The lowest BCUT2D eigenvalue weighted by atomic mass is 10.2. The van der Waals surface area contributed by atoms with E-state index >= 15 is 0 Å². The monoisotopic (exact) mass is 349 g/mol. The van der Waals surface area contributed by atoms with Gasteiger partial charge in [-0.15, -0.1) is 0 Å². The average molecular weight is 350 g/mol. The number of hydrogen-bond acceptors (Lipinski definition) is 3. The van der Waals surface area contributed by atoms with Gasteiger partial charge in [-0.25, -0.2) is 4.39 Å². The van der Waals surface area contributed by atoms with E-state index in [1.54, 1.807) is 30.3 Å². The molecule has 0 spiro atoms. The summed E-state index contributed by atoms with van der Waals surface area (Å²) in [5, 5.41) is 8.69. The summed E-state index contributed by atoms with van der Waals surface area (Å²) in [6, 6.07) is 13.3. The van der Waals surface area contributed by atoms with Crippen molar-refractivity contribution < 1.29 is 13.9 Å². The smallest absolute Gasteiger partial charge is 0.133 e. The van der Waals surface area contributed by atoms with Crippen LogP contribution in [-0.2, 0) is 0 Å². The lowest BCUT2D eigenvalue weighted by molar-refractivity contribution is 0.246. The first-order valence-electron chi connectivity index (χ1n) is 6.40. The van der Waals surface area contributed by atoms with E-state index < -0.39 is 0 Å². The second kappa shape index (κ2) is 7.65. The number of nitriles is 1. The van der Waals surface area contributed by atoms with Crippen molar-refractivity contribution in [1.29, 1.82) is 5.26 Å². The summed E-state index contributed by atoms with van der Waals surface area (Å²) in [6.07, 6.45) is 0.698. The SMILES string of the molecule is N#Cc1ccc(OCCCOc2ccc(F)cc2Br)cc1. The standard InChI is InChI=1S/C16H13BrFNO2/c17-15-10-13(18)4-7-16(15)21-9-1-8-20-14-5-2-12(11-19)3-6-14/h2-7,10H,1,8-9H2. The molecule has 0 heterocycles. The van der Waals surface area contributed by atoms with Crippen LogP contribution >= 0.6 is 15.9 Å². The van der Waals surface area contributed by atoms with Crippen molar-refractivity contribution in [2.75, 3.05) is 13.2 Å². The molecule has 3 nitrogen and oxygen atoms in total. The van der Waals surface area contributed by atoms with E-state index in [4.69, 9.17) is 14.7 Å². The Balaban J connectivity index is 1.71. The molecule has 0 unspecified atom stereocenters. The van der Waals surface area contributed by atoms with E-state index in [-0.39, 0.29) is 5.82 Å². The van der Waals surface area contributed by atoms with Gasteiger partial charge in [0.2, 0.25) is 0 Å². The third-order valence-electron chi connectivity index (χ3n) is 2.69. The summed E-state index contributed by atoms with van der Waals surface area (Å²) in [5.41, 5.74) is 0.604. The first-order valence-corrected chi connectivity index (χ1v) is 7.19. The number of nitrogens with zero attached hydrogens (tertiary/aromatic N) is 1. The Morgan fingerprint density at radius 2 is 1.76 bits per heavy atom. The molecule has 5 heteroatoms. The number of hydrogen-bond donors (Lipinski definition) is 0. The van der Waals surface area contributed by atoms with E-state index in [1.807, 2.05) is 0 Å². The second-order valence-corrected chi connectivity index (χ2v) is 5.12. The maximum atomic E-state index is 12.9. The zero-order valence-corrected chi connectivity index (χ0v) is 12.8. The molecule has 21 heavy (non-hydrogen) atoms. The van der Waals surface area contributed by atoms with Gasteiger partial charge in [0.1, 0.15) is 17.3 Å². The fraction of sp³-hybridized carbons (Fsp3) is 0.188. The molecule has 0 radical (unpaired) electrons. The molecule has 0 N–H and O–H groups in total. The largest absolute Gasteiger partial charge is 0.493 e. The molecule has 0 aliphatic rings. The van der Waals surface area contributed by atoms with Crippen LogP contribution in [0.15, 0.2) is 46.9 Å². The van der Waals surface area contributed by atoms with Crippen molar-refractivity contribution in [1.82, 2.24) is 0 Å². The highest BCUT2D eigenvalue weighted by atomic mass is 79.9. The molecule has 0 aliphatic carbocycles. The van der Waals surface area contributed by atoms with E-state index in [9.17, 15) is 4.39 Å². The first kappa shape index (κ1) is 15.3. The van der Waals surface area contributed by atoms with E-state index in [0.717, 1.165) is 5.75 Å². The highest BCUT2D eigenvalue weighted by Gasteiger charge is 2.02. The topological polar surface area (TPSA) is 42.2 Å². The molecule has 0 aromatic heterocycles. The second-order valence-electron chi connectivity index (χ2n) is 4.26. The van der Waals surface area contributed by atoms with Gasteiger partial charge in [-0.1, -0.05) is 0 Å². The fourth-order valence-corrected chi connectivity index (χ4v) is 2.11. The molecule has 2 rings (SSSR count). The predicted octanol–water partition coefficient (Wildman–Crippen LogP) is 4.31. The molecule has 108 valence electrons. The van der Waals surface area contributed by atoms with Crippen molar-refractivity contribution in [2.45, 2.75) is 6.42 Å². The Hall–Kier alpha value is -2.06. The fourth-order valence-electron chi connectivity index (χ4n) is 1.65. The lowest BCUT2D eigenvalue weighted by Gasteiger charge is -2.09. The van der Waals surface area contributed by atoms with Crippen molar-refractivity contribution in [3.8, 4) is 17.6 Å². The molecule has 0 saturated heterocycles. The van der Waals surface area contributed by atoms with Crippen LogP contribution in [0.1, 0.15) is 12.0 Å². The molecular formula is C16H13BrFNO2. The van der Waals surface area contributed by atoms with Crippen LogP contribution in [0.25, 0.3) is 0 Å². The molecule has 0 atom stereocenters. The summed E-state index contributed by atoms with van der Waals surface area (Å²) < 4.78 is 24.6. The molecule has 0 amide bonds. The minimum absolute atomic E-state index is 0.307. The van der Waals surface area contributed by atoms with Crippen molar-refractivity contribution in [3.63, 3.8) is 0 Å². The number of ether oxygens (including phenoxy) is 2. The number of rotatable bonds is 6. The Morgan fingerprint density at radius 3 is 2.43 bits per heavy atom. The Labute approximate surface area is 131 Å². The predicted molar refractivity (Wildman–Crippen MR) is 80.9 cm³/mol. The summed E-state index contributed by atoms with van der Waals surface area (Å²) >= 11 is 3.24. The molecule has 0 aliphatic heterocycles. The van der Waals surface area contributed by atoms with Crippen molar-refractivity contribution in [3.05, 3.63) is 58.3 Å². The van der Waals surface area contributed by atoms with Crippen LogP contribution in [0, 0.1) is 17.1 Å². The average Bonchev–Trinajstić information content (AvgIpc) is 2.49. The molecule has 0 bridgehead atoms. The Bertz CT molecular complexity index is 638. The molecular weight excluding hydrogens is 337 g/mol. The zero-order valence-electron chi connectivity index (χ0n) is 11.2. The number of benzene rings is 2. The maximum Gasteiger partial charge on any atom is 0.133 e. The third-order valence-corrected chi connectivity index (χ3v) is 3.31. The molecule has 2 aromatic rings. The van der Waals surface area contributed by atoms with Crippen LogP contribution < -0.4 is 9.47 Å². The Kier molecular flexibility index (Phi) is 5.59. The molecule has 2 aromatic carbocycles. The minimum atomic E-state index is -0.307. The van der Waals surface area contributed by atoms with Gasteiger partial charge in [-0.2, -0.15) is 5.26 Å². The van der Waals surface area contributed by atoms with Crippen LogP contribution in [0.4, 0.5) is 4.39 Å². The van der Waals surface area contributed by atoms with E-state index in [2.05, 4.69) is 22.0 Å². The van der Waals surface area contributed by atoms with E-state index in [0.29, 0.717) is 35.4 Å².